The summed E-state index contributed by atoms with van der Waals surface area (Å²) in [5.74, 6) is 0.967. The van der Waals surface area contributed by atoms with Crippen molar-refractivity contribution in [3.8, 4) is 11.4 Å². The topological polar surface area (TPSA) is 90.1 Å². The normalized spacial score (nSPS) is 10.6. The summed E-state index contributed by atoms with van der Waals surface area (Å²) < 4.78 is 5.06. The van der Waals surface area contributed by atoms with Crippen LogP contribution in [0.25, 0.3) is 11.4 Å². The molecule has 0 atom stereocenters. The van der Waals surface area contributed by atoms with Gasteiger partial charge in [-0.25, -0.2) is 14.8 Å². The first-order valence-electron chi connectivity index (χ1n) is 7.65. The van der Waals surface area contributed by atoms with Crippen molar-refractivity contribution in [2.75, 3.05) is 24.2 Å². The third-order valence-corrected chi connectivity index (χ3v) is 3.11. The Morgan fingerprint density at radius 2 is 2.17 bits per heavy atom. The molecule has 1 heterocycles. The highest BCUT2D eigenvalue weighted by Gasteiger charge is 2.16. The van der Waals surface area contributed by atoms with Crippen LogP contribution in [-0.4, -0.2) is 29.1 Å². The Labute approximate surface area is 136 Å². The molecule has 0 aliphatic carbocycles. The van der Waals surface area contributed by atoms with Gasteiger partial charge in [0.2, 0.25) is 0 Å². The lowest BCUT2D eigenvalue weighted by Gasteiger charge is -2.13. The van der Waals surface area contributed by atoms with E-state index in [9.17, 15) is 4.79 Å². The predicted octanol–water partition coefficient (Wildman–Crippen LogP) is 2.97. The van der Waals surface area contributed by atoms with E-state index in [1.165, 1.54) is 6.20 Å². The average molecular weight is 314 g/mol. The van der Waals surface area contributed by atoms with Crippen molar-refractivity contribution in [1.29, 1.82) is 0 Å². The van der Waals surface area contributed by atoms with Crippen LogP contribution in [0.4, 0.5) is 11.5 Å². The lowest BCUT2D eigenvalue weighted by atomic mass is 10.2. The monoisotopic (exact) mass is 314 g/mol. The van der Waals surface area contributed by atoms with Crippen LogP contribution in [0, 0.1) is 5.92 Å². The van der Waals surface area contributed by atoms with Gasteiger partial charge in [0.1, 0.15) is 11.4 Å². The van der Waals surface area contributed by atoms with Crippen LogP contribution in [-0.2, 0) is 4.74 Å². The first-order chi connectivity index (χ1) is 11.0. The number of hydrogen-bond acceptors (Lipinski definition) is 6. The van der Waals surface area contributed by atoms with Gasteiger partial charge in [-0.2, -0.15) is 0 Å². The third-order valence-electron chi connectivity index (χ3n) is 3.11. The molecule has 0 radical (unpaired) electrons. The highest BCUT2D eigenvalue weighted by atomic mass is 16.5. The lowest BCUT2D eigenvalue weighted by molar-refractivity contribution is 0.0526. The first-order valence-corrected chi connectivity index (χ1v) is 7.65. The van der Waals surface area contributed by atoms with E-state index in [0.29, 0.717) is 42.0 Å². The molecule has 6 heteroatoms. The van der Waals surface area contributed by atoms with Gasteiger partial charge < -0.3 is 15.8 Å². The van der Waals surface area contributed by atoms with Gasteiger partial charge in [0.15, 0.2) is 5.82 Å². The quantitative estimate of drug-likeness (QED) is 0.629. The average Bonchev–Trinajstić information content (AvgIpc) is 2.53. The molecule has 0 saturated heterocycles. The highest BCUT2D eigenvalue weighted by molar-refractivity contribution is 5.94. The van der Waals surface area contributed by atoms with E-state index in [1.807, 2.05) is 12.1 Å². The van der Waals surface area contributed by atoms with Crippen molar-refractivity contribution >= 4 is 17.5 Å². The largest absolute Gasteiger partial charge is 0.462 e. The van der Waals surface area contributed by atoms with Crippen LogP contribution in [0.5, 0.6) is 0 Å². The standard InChI is InChI=1S/C17H22N4O2/c1-4-23-17(22)14-10-20-15(12-6-5-7-13(18)8-12)21-16(14)19-9-11(2)3/h5-8,10-11H,4,9,18H2,1-3H3,(H,19,20,21). The van der Waals surface area contributed by atoms with Crippen LogP contribution in [0.1, 0.15) is 31.1 Å². The van der Waals surface area contributed by atoms with Crippen molar-refractivity contribution in [1.82, 2.24) is 9.97 Å². The summed E-state index contributed by atoms with van der Waals surface area (Å²) in [6.45, 7) is 6.92. The molecule has 0 spiro atoms. The van der Waals surface area contributed by atoms with E-state index in [1.54, 1.807) is 19.1 Å². The number of esters is 1. The van der Waals surface area contributed by atoms with Crippen molar-refractivity contribution in [3.05, 3.63) is 36.0 Å². The molecular weight excluding hydrogens is 292 g/mol. The second-order valence-electron chi connectivity index (χ2n) is 5.58. The van der Waals surface area contributed by atoms with E-state index >= 15 is 0 Å². The van der Waals surface area contributed by atoms with Crippen molar-refractivity contribution in [3.63, 3.8) is 0 Å². The van der Waals surface area contributed by atoms with Gasteiger partial charge >= 0.3 is 5.97 Å². The van der Waals surface area contributed by atoms with Crippen LogP contribution in [0.3, 0.4) is 0 Å². The highest BCUT2D eigenvalue weighted by Crippen LogP contribution is 2.22. The maximum atomic E-state index is 12.0. The number of nitrogens with zero attached hydrogens (tertiary/aromatic N) is 2. The van der Waals surface area contributed by atoms with Gasteiger partial charge in [-0.3, -0.25) is 0 Å². The molecule has 2 rings (SSSR count). The Balaban J connectivity index is 2.39. The molecule has 0 saturated carbocycles. The number of nitrogen functional groups attached to an aromatic ring is 1. The van der Waals surface area contributed by atoms with E-state index in [4.69, 9.17) is 10.5 Å². The molecule has 122 valence electrons. The fourth-order valence-corrected chi connectivity index (χ4v) is 1.99. The van der Waals surface area contributed by atoms with E-state index in [0.717, 1.165) is 5.56 Å². The second kappa shape index (κ2) is 7.58. The number of ether oxygens (including phenoxy) is 1. The van der Waals surface area contributed by atoms with E-state index in [-0.39, 0.29) is 0 Å². The maximum absolute atomic E-state index is 12.0. The molecule has 6 nitrogen and oxygen atoms in total. The van der Waals surface area contributed by atoms with Gasteiger partial charge in [0.25, 0.3) is 0 Å². The molecule has 23 heavy (non-hydrogen) atoms. The molecule has 3 N–H and O–H groups in total. The molecule has 1 aromatic carbocycles. The molecule has 0 bridgehead atoms. The molecule has 2 aromatic rings. The van der Waals surface area contributed by atoms with Crippen molar-refractivity contribution in [2.45, 2.75) is 20.8 Å². The molecule has 0 amide bonds. The van der Waals surface area contributed by atoms with Gasteiger partial charge in [-0.05, 0) is 25.0 Å². The number of carbonyl (C=O) groups excluding carboxylic acids is 1. The fraction of sp³-hybridized carbons (Fsp3) is 0.353. The lowest BCUT2D eigenvalue weighted by Crippen LogP contribution is -2.15. The number of hydrogen-bond donors (Lipinski definition) is 2. The molecular formula is C17H22N4O2. The number of nitrogens with one attached hydrogen (secondary N) is 1. The van der Waals surface area contributed by atoms with Crippen molar-refractivity contribution < 1.29 is 9.53 Å². The van der Waals surface area contributed by atoms with Crippen molar-refractivity contribution in [2.24, 2.45) is 5.92 Å². The fourth-order valence-electron chi connectivity index (χ4n) is 1.99. The van der Waals surface area contributed by atoms with Crippen LogP contribution in [0.2, 0.25) is 0 Å². The summed E-state index contributed by atoms with van der Waals surface area (Å²) in [7, 11) is 0. The Bertz CT molecular complexity index is 686. The van der Waals surface area contributed by atoms with Gasteiger partial charge in [-0.15, -0.1) is 0 Å². The zero-order valence-corrected chi connectivity index (χ0v) is 13.7. The summed E-state index contributed by atoms with van der Waals surface area (Å²) in [5.41, 5.74) is 7.57. The molecule has 0 aliphatic rings. The maximum Gasteiger partial charge on any atom is 0.343 e. The number of nitrogens with two attached hydrogens (primary N) is 1. The van der Waals surface area contributed by atoms with Crippen LogP contribution < -0.4 is 11.1 Å². The minimum atomic E-state index is -0.433. The van der Waals surface area contributed by atoms with Gasteiger partial charge in [0, 0.05) is 24.0 Å². The Morgan fingerprint density at radius 1 is 1.39 bits per heavy atom. The zero-order valence-electron chi connectivity index (χ0n) is 13.7. The summed E-state index contributed by atoms with van der Waals surface area (Å²) in [5, 5.41) is 3.19. The minimum Gasteiger partial charge on any atom is -0.462 e. The molecule has 0 unspecified atom stereocenters. The van der Waals surface area contributed by atoms with E-state index in [2.05, 4.69) is 29.1 Å². The van der Waals surface area contributed by atoms with Gasteiger partial charge in [0.05, 0.1) is 6.61 Å². The third kappa shape index (κ3) is 4.42. The Kier molecular flexibility index (Phi) is 5.51. The number of benzene rings is 1. The first kappa shape index (κ1) is 16.7. The number of carbonyl (C=O) groups is 1. The van der Waals surface area contributed by atoms with Crippen LogP contribution >= 0.6 is 0 Å². The second-order valence-corrected chi connectivity index (χ2v) is 5.58. The Hall–Kier alpha value is -2.63. The summed E-state index contributed by atoms with van der Waals surface area (Å²) in [4.78, 5) is 20.8. The summed E-state index contributed by atoms with van der Waals surface area (Å²) in [6, 6.07) is 7.32. The summed E-state index contributed by atoms with van der Waals surface area (Å²) in [6.07, 6.45) is 1.49. The predicted molar refractivity (Wildman–Crippen MR) is 91.2 cm³/mol. The van der Waals surface area contributed by atoms with Gasteiger partial charge in [-0.1, -0.05) is 26.0 Å². The number of anilines is 2. The van der Waals surface area contributed by atoms with Crippen LogP contribution in [0.15, 0.2) is 30.5 Å². The molecule has 1 aromatic heterocycles. The molecule has 0 aliphatic heterocycles. The SMILES string of the molecule is CCOC(=O)c1cnc(-c2cccc(N)c2)nc1NCC(C)C. The Morgan fingerprint density at radius 3 is 2.83 bits per heavy atom. The minimum absolute atomic E-state index is 0.305. The number of aromatic nitrogens is 2. The smallest absolute Gasteiger partial charge is 0.343 e. The zero-order chi connectivity index (χ0) is 16.8. The molecule has 0 fully saturated rings. The number of rotatable bonds is 6. The van der Waals surface area contributed by atoms with E-state index < -0.39 is 5.97 Å². The summed E-state index contributed by atoms with van der Waals surface area (Å²) >= 11 is 0.